The summed E-state index contributed by atoms with van der Waals surface area (Å²) < 4.78 is 4.80. The highest BCUT2D eigenvalue weighted by Crippen LogP contribution is 2.38. The summed E-state index contributed by atoms with van der Waals surface area (Å²) in [4.78, 5) is 10.8. The lowest BCUT2D eigenvalue weighted by Gasteiger charge is -1.96. The first kappa shape index (κ1) is 6.59. The zero-order valence-corrected chi connectivity index (χ0v) is 5.89. The summed E-state index contributed by atoms with van der Waals surface area (Å²) in [6.45, 7) is 4.43. The average molecular weight is 128 g/mol. The molecule has 0 radical (unpaired) electrons. The third kappa shape index (κ3) is 1.44. The summed E-state index contributed by atoms with van der Waals surface area (Å²) >= 11 is 0. The van der Waals surface area contributed by atoms with Crippen LogP contribution in [0.5, 0.6) is 0 Å². The number of carbonyl (C=O) groups is 1. The number of ether oxygens (including phenoxy) is 1. The van der Waals surface area contributed by atoms with Crippen LogP contribution in [-0.4, -0.2) is 12.6 Å². The van der Waals surface area contributed by atoms with Crippen LogP contribution >= 0.6 is 0 Å². The van der Waals surface area contributed by atoms with Gasteiger partial charge in [0.1, 0.15) is 0 Å². The first-order valence-corrected chi connectivity index (χ1v) is 3.42. The smallest absolute Gasteiger partial charge is 0.309 e. The van der Waals surface area contributed by atoms with Gasteiger partial charge in [0.05, 0.1) is 12.5 Å². The maximum absolute atomic E-state index is 10.8. The molecule has 1 saturated carbocycles. The summed E-state index contributed by atoms with van der Waals surface area (Å²) in [5.41, 5.74) is 0. The van der Waals surface area contributed by atoms with Gasteiger partial charge in [-0.1, -0.05) is 6.92 Å². The van der Waals surface area contributed by atoms with E-state index in [1.807, 2.05) is 6.92 Å². The molecule has 0 amide bonds. The molecule has 0 N–H and O–H groups in total. The molecule has 2 heteroatoms. The van der Waals surface area contributed by atoms with Crippen LogP contribution in [0.15, 0.2) is 0 Å². The van der Waals surface area contributed by atoms with E-state index in [-0.39, 0.29) is 11.9 Å². The van der Waals surface area contributed by atoms with E-state index in [0.717, 1.165) is 6.42 Å². The van der Waals surface area contributed by atoms with Crippen LogP contribution in [0.3, 0.4) is 0 Å². The van der Waals surface area contributed by atoms with Gasteiger partial charge in [0, 0.05) is 0 Å². The van der Waals surface area contributed by atoms with E-state index in [2.05, 4.69) is 6.92 Å². The fraction of sp³-hybridized carbons (Fsp3) is 0.857. The minimum absolute atomic E-state index is 0.00926. The molecule has 1 rings (SSSR count). The molecule has 1 fully saturated rings. The summed E-state index contributed by atoms with van der Waals surface area (Å²) in [7, 11) is 0. The van der Waals surface area contributed by atoms with E-state index in [0.29, 0.717) is 12.5 Å². The fourth-order valence-electron chi connectivity index (χ4n) is 0.900. The Balaban J connectivity index is 2.20. The highest BCUT2D eigenvalue weighted by molar-refractivity contribution is 5.75. The van der Waals surface area contributed by atoms with Crippen molar-refractivity contribution in [2.45, 2.75) is 20.3 Å². The number of hydrogen-bond acceptors (Lipinski definition) is 2. The minimum Gasteiger partial charge on any atom is -0.466 e. The molecule has 0 aromatic heterocycles. The summed E-state index contributed by atoms with van der Waals surface area (Å²) in [5, 5.41) is 0. The Labute approximate surface area is 55.2 Å². The van der Waals surface area contributed by atoms with Crippen LogP contribution in [0.4, 0.5) is 0 Å². The van der Waals surface area contributed by atoms with Gasteiger partial charge in [-0.25, -0.2) is 0 Å². The Kier molecular flexibility index (Phi) is 1.74. The lowest BCUT2D eigenvalue weighted by atomic mass is 10.3. The van der Waals surface area contributed by atoms with E-state index >= 15 is 0 Å². The van der Waals surface area contributed by atoms with E-state index in [1.165, 1.54) is 0 Å². The molecule has 0 aromatic carbocycles. The Morgan fingerprint density at radius 3 is 2.67 bits per heavy atom. The topological polar surface area (TPSA) is 26.3 Å². The maximum Gasteiger partial charge on any atom is 0.309 e. The molecule has 52 valence electrons. The molecule has 0 aliphatic heterocycles. The van der Waals surface area contributed by atoms with Gasteiger partial charge >= 0.3 is 5.97 Å². The van der Waals surface area contributed by atoms with Gasteiger partial charge < -0.3 is 4.74 Å². The third-order valence-electron chi connectivity index (χ3n) is 1.70. The molecule has 0 bridgehead atoms. The van der Waals surface area contributed by atoms with Crippen LogP contribution in [0, 0.1) is 11.8 Å². The van der Waals surface area contributed by atoms with Crippen molar-refractivity contribution >= 4 is 5.97 Å². The second-order valence-corrected chi connectivity index (χ2v) is 2.57. The molecular weight excluding hydrogens is 116 g/mol. The van der Waals surface area contributed by atoms with Gasteiger partial charge in [-0.3, -0.25) is 4.79 Å². The fourth-order valence-corrected chi connectivity index (χ4v) is 0.900. The van der Waals surface area contributed by atoms with E-state index in [9.17, 15) is 4.79 Å². The van der Waals surface area contributed by atoms with E-state index in [4.69, 9.17) is 4.74 Å². The highest BCUT2D eigenvalue weighted by atomic mass is 16.5. The molecule has 2 nitrogen and oxygen atoms in total. The van der Waals surface area contributed by atoms with E-state index < -0.39 is 0 Å². The van der Waals surface area contributed by atoms with Crippen LogP contribution in [0.2, 0.25) is 0 Å². The highest BCUT2D eigenvalue weighted by Gasteiger charge is 2.40. The predicted molar refractivity (Wildman–Crippen MR) is 33.9 cm³/mol. The van der Waals surface area contributed by atoms with Crippen LogP contribution in [0.25, 0.3) is 0 Å². The quantitative estimate of drug-likeness (QED) is 0.522. The molecule has 0 spiro atoms. The molecule has 0 heterocycles. The molecule has 9 heavy (non-hydrogen) atoms. The second-order valence-electron chi connectivity index (χ2n) is 2.57. The second kappa shape index (κ2) is 2.38. The molecular formula is C7H12O2. The Morgan fingerprint density at radius 1 is 1.78 bits per heavy atom. The van der Waals surface area contributed by atoms with Gasteiger partial charge in [0.25, 0.3) is 0 Å². The first-order valence-electron chi connectivity index (χ1n) is 3.42. The molecule has 0 aromatic rings. The first-order chi connectivity index (χ1) is 4.25. The minimum atomic E-state index is -0.00926. The van der Waals surface area contributed by atoms with Crippen molar-refractivity contribution in [2.24, 2.45) is 11.8 Å². The SMILES string of the molecule is CCOC(=O)[C@@H]1C[C@@H]1C. The normalized spacial score (nSPS) is 31.8. The summed E-state index contributed by atoms with van der Waals surface area (Å²) in [5.74, 6) is 0.791. The number of esters is 1. The molecule has 1 aliphatic rings. The largest absolute Gasteiger partial charge is 0.466 e. The summed E-state index contributed by atoms with van der Waals surface area (Å²) in [6.07, 6.45) is 1.03. The van der Waals surface area contributed by atoms with Crippen LogP contribution in [0.1, 0.15) is 20.3 Å². The standard InChI is InChI=1S/C7H12O2/c1-3-9-7(8)6-4-5(6)2/h5-6H,3-4H2,1-2H3/t5-,6+/m0/s1. The van der Waals surface area contributed by atoms with Crippen molar-refractivity contribution in [3.05, 3.63) is 0 Å². The van der Waals surface area contributed by atoms with Crippen molar-refractivity contribution in [3.8, 4) is 0 Å². The monoisotopic (exact) mass is 128 g/mol. The number of rotatable bonds is 2. The Bertz CT molecular complexity index is 120. The van der Waals surface area contributed by atoms with Crippen LogP contribution < -0.4 is 0 Å². The van der Waals surface area contributed by atoms with Gasteiger partial charge in [0.2, 0.25) is 0 Å². The van der Waals surface area contributed by atoms with Crippen molar-refractivity contribution in [3.63, 3.8) is 0 Å². The van der Waals surface area contributed by atoms with Gasteiger partial charge in [0.15, 0.2) is 0 Å². The number of carbonyl (C=O) groups excluding carboxylic acids is 1. The molecule has 1 aliphatic carbocycles. The number of hydrogen-bond donors (Lipinski definition) is 0. The summed E-state index contributed by atoms with van der Waals surface area (Å²) in [6, 6.07) is 0. The molecule has 2 atom stereocenters. The predicted octanol–water partition coefficient (Wildman–Crippen LogP) is 1.21. The van der Waals surface area contributed by atoms with Crippen molar-refractivity contribution < 1.29 is 9.53 Å². The molecule has 0 saturated heterocycles. The van der Waals surface area contributed by atoms with Crippen LogP contribution in [-0.2, 0) is 9.53 Å². The van der Waals surface area contributed by atoms with Crippen molar-refractivity contribution in [1.29, 1.82) is 0 Å². The third-order valence-corrected chi connectivity index (χ3v) is 1.70. The average Bonchev–Trinajstić information content (AvgIpc) is 2.47. The van der Waals surface area contributed by atoms with Gasteiger partial charge in [-0.15, -0.1) is 0 Å². The zero-order chi connectivity index (χ0) is 6.85. The Morgan fingerprint density at radius 2 is 2.33 bits per heavy atom. The lowest BCUT2D eigenvalue weighted by Crippen LogP contribution is -2.06. The van der Waals surface area contributed by atoms with Gasteiger partial charge in [-0.05, 0) is 19.3 Å². The van der Waals surface area contributed by atoms with Gasteiger partial charge in [-0.2, -0.15) is 0 Å². The van der Waals surface area contributed by atoms with Crippen molar-refractivity contribution in [2.75, 3.05) is 6.61 Å². The Hall–Kier alpha value is -0.530. The van der Waals surface area contributed by atoms with E-state index in [1.54, 1.807) is 0 Å². The lowest BCUT2D eigenvalue weighted by molar-refractivity contribution is -0.144. The molecule has 0 unspecified atom stereocenters. The zero-order valence-electron chi connectivity index (χ0n) is 5.89. The van der Waals surface area contributed by atoms with Crippen molar-refractivity contribution in [1.82, 2.24) is 0 Å². The maximum atomic E-state index is 10.8.